The van der Waals surface area contributed by atoms with Crippen LogP contribution < -0.4 is 11.1 Å². The van der Waals surface area contributed by atoms with E-state index >= 15 is 0 Å². The first-order chi connectivity index (χ1) is 8.33. The molecule has 4 heteroatoms. The van der Waals surface area contributed by atoms with Crippen molar-refractivity contribution in [2.75, 3.05) is 12.3 Å². The van der Waals surface area contributed by atoms with Crippen LogP contribution in [0, 0.1) is 0 Å². The number of aromatic nitrogens is 1. The van der Waals surface area contributed by atoms with Crippen molar-refractivity contribution in [1.29, 1.82) is 0 Å². The Bertz CT molecular complexity index is 453. The fourth-order valence-electron chi connectivity index (χ4n) is 1.78. The van der Waals surface area contributed by atoms with E-state index in [1.54, 1.807) is 12.5 Å². The van der Waals surface area contributed by atoms with Crippen LogP contribution in [0.3, 0.4) is 0 Å². The molecule has 17 heavy (non-hydrogen) atoms. The number of hydrogen-bond acceptors (Lipinski definition) is 4. The zero-order chi connectivity index (χ0) is 12.1. The standard InChI is InChI=1S/C13H17N3O/c1-2-7-15-12(11-6-4-9-17-11)10-5-3-8-16-13(10)14/h3-6,8-9,12,15H,2,7H2,1H3,(H2,14,16). The molecule has 1 atom stereocenters. The second kappa shape index (κ2) is 5.50. The number of anilines is 1. The minimum atomic E-state index is -0.0290. The number of nitrogens with two attached hydrogens (primary N) is 1. The Balaban J connectivity index is 2.30. The summed E-state index contributed by atoms with van der Waals surface area (Å²) in [6.45, 7) is 3.03. The summed E-state index contributed by atoms with van der Waals surface area (Å²) in [6, 6.07) is 7.65. The van der Waals surface area contributed by atoms with E-state index in [-0.39, 0.29) is 6.04 Å². The quantitative estimate of drug-likeness (QED) is 0.829. The fourth-order valence-corrected chi connectivity index (χ4v) is 1.78. The van der Waals surface area contributed by atoms with Crippen LogP contribution in [0.15, 0.2) is 41.1 Å². The SMILES string of the molecule is CCCNC(c1ccco1)c1cccnc1N. The largest absolute Gasteiger partial charge is 0.467 e. The highest BCUT2D eigenvalue weighted by atomic mass is 16.3. The Morgan fingerprint density at radius 2 is 2.29 bits per heavy atom. The maximum absolute atomic E-state index is 5.91. The molecule has 4 nitrogen and oxygen atoms in total. The van der Waals surface area contributed by atoms with Crippen molar-refractivity contribution in [3.05, 3.63) is 48.0 Å². The van der Waals surface area contributed by atoms with E-state index in [0.29, 0.717) is 5.82 Å². The topological polar surface area (TPSA) is 64.1 Å². The second-order valence-electron chi connectivity index (χ2n) is 3.88. The number of pyridine rings is 1. The van der Waals surface area contributed by atoms with Gasteiger partial charge in [-0.15, -0.1) is 0 Å². The predicted octanol–water partition coefficient (Wildman–Crippen LogP) is 2.35. The van der Waals surface area contributed by atoms with E-state index in [4.69, 9.17) is 10.2 Å². The summed E-state index contributed by atoms with van der Waals surface area (Å²) in [6.07, 6.45) is 4.41. The predicted molar refractivity (Wildman–Crippen MR) is 67.5 cm³/mol. The lowest BCUT2D eigenvalue weighted by Crippen LogP contribution is -2.24. The molecule has 3 N–H and O–H groups in total. The highest BCUT2D eigenvalue weighted by Crippen LogP contribution is 2.25. The minimum absolute atomic E-state index is 0.0290. The molecule has 1 unspecified atom stereocenters. The number of hydrogen-bond donors (Lipinski definition) is 2. The molecule has 2 aromatic rings. The summed E-state index contributed by atoms with van der Waals surface area (Å²) in [5, 5.41) is 3.42. The van der Waals surface area contributed by atoms with Gasteiger partial charge in [0.1, 0.15) is 11.6 Å². The Labute approximate surface area is 101 Å². The molecule has 0 aliphatic carbocycles. The van der Waals surface area contributed by atoms with Crippen LogP contribution in [0.1, 0.15) is 30.7 Å². The number of rotatable bonds is 5. The molecule has 90 valence electrons. The summed E-state index contributed by atoms with van der Waals surface area (Å²) in [5.74, 6) is 1.40. The zero-order valence-electron chi connectivity index (χ0n) is 9.89. The first-order valence-electron chi connectivity index (χ1n) is 5.80. The third-order valence-electron chi connectivity index (χ3n) is 2.61. The number of nitrogen functional groups attached to an aromatic ring is 1. The maximum Gasteiger partial charge on any atom is 0.128 e. The molecule has 0 spiro atoms. The Kier molecular flexibility index (Phi) is 3.77. The molecule has 2 rings (SSSR count). The molecule has 2 heterocycles. The van der Waals surface area contributed by atoms with Crippen LogP contribution in [0.25, 0.3) is 0 Å². The van der Waals surface area contributed by atoms with Crippen LogP contribution in [-0.4, -0.2) is 11.5 Å². The average molecular weight is 231 g/mol. The van der Waals surface area contributed by atoms with Gasteiger partial charge < -0.3 is 15.5 Å². The van der Waals surface area contributed by atoms with E-state index in [0.717, 1.165) is 24.3 Å². The molecule has 0 aliphatic rings. The number of nitrogens with zero attached hydrogens (tertiary/aromatic N) is 1. The molecule has 0 aliphatic heterocycles. The first-order valence-corrected chi connectivity index (χ1v) is 5.80. The number of nitrogens with one attached hydrogen (secondary N) is 1. The van der Waals surface area contributed by atoms with Crippen molar-refractivity contribution in [2.45, 2.75) is 19.4 Å². The fraction of sp³-hybridized carbons (Fsp3) is 0.308. The van der Waals surface area contributed by atoms with Gasteiger partial charge in [0, 0.05) is 11.8 Å². The summed E-state index contributed by atoms with van der Waals surface area (Å²) >= 11 is 0. The van der Waals surface area contributed by atoms with Gasteiger partial charge >= 0.3 is 0 Å². The normalized spacial score (nSPS) is 12.5. The second-order valence-corrected chi connectivity index (χ2v) is 3.88. The molecule has 0 bridgehead atoms. The van der Waals surface area contributed by atoms with Gasteiger partial charge in [-0.3, -0.25) is 0 Å². The van der Waals surface area contributed by atoms with Crippen molar-refractivity contribution < 1.29 is 4.42 Å². The lowest BCUT2D eigenvalue weighted by atomic mass is 10.1. The molecule has 0 radical (unpaired) electrons. The van der Waals surface area contributed by atoms with Gasteiger partial charge in [-0.05, 0) is 31.2 Å². The van der Waals surface area contributed by atoms with Crippen molar-refractivity contribution in [2.24, 2.45) is 0 Å². The van der Waals surface area contributed by atoms with Crippen LogP contribution in [-0.2, 0) is 0 Å². The van der Waals surface area contributed by atoms with E-state index in [1.165, 1.54) is 0 Å². The summed E-state index contributed by atoms with van der Waals surface area (Å²) in [7, 11) is 0. The monoisotopic (exact) mass is 231 g/mol. The zero-order valence-corrected chi connectivity index (χ0v) is 9.89. The molecule has 0 amide bonds. The highest BCUT2D eigenvalue weighted by Gasteiger charge is 2.18. The van der Waals surface area contributed by atoms with E-state index in [1.807, 2.05) is 24.3 Å². The molecule has 0 saturated carbocycles. The molecule has 0 fully saturated rings. The van der Waals surface area contributed by atoms with Crippen molar-refractivity contribution in [3.8, 4) is 0 Å². The Hall–Kier alpha value is -1.81. The Morgan fingerprint density at radius 3 is 2.94 bits per heavy atom. The van der Waals surface area contributed by atoms with Crippen LogP contribution in [0.2, 0.25) is 0 Å². The molecule has 0 saturated heterocycles. The lowest BCUT2D eigenvalue weighted by Gasteiger charge is -2.17. The minimum Gasteiger partial charge on any atom is -0.467 e. The van der Waals surface area contributed by atoms with Gasteiger partial charge in [0.25, 0.3) is 0 Å². The van der Waals surface area contributed by atoms with Crippen LogP contribution in [0.4, 0.5) is 5.82 Å². The van der Waals surface area contributed by atoms with Crippen molar-refractivity contribution in [1.82, 2.24) is 10.3 Å². The van der Waals surface area contributed by atoms with Gasteiger partial charge in [0.15, 0.2) is 0 Å². The lowest BCUT2D eigenvalue weighted by molar-refractivity contribution is 0.447. The third kappa shape index (κ3) is 2.65. The summed E-state index contributed by atoms with van der Waals surface area (Å²) in [4.78, 5) is 4.11. The van der Waals surface area contributed by atoms with Gasteiger partial charge in [0.2, 0.25) is 0 Å². The van der Waals surface area contributed by atoms with Crippen molar-refractivity contribution in [3.63, 3.8) is 0 Å². The average Bonchev–Trinajstić information content (AvgIpc) is 2.85. The highest BCUT2D eigenvalue weighted by molar-refractivity contribution is 5.43. The molecule has 0 aromatic carbocycles. The number of furan rings is 1. The third-order valence-corrected chi connectivity index (χ3v) is 2.61. The maximum atomic E-state index is 5.91. The van der Waals surface area contributed by atoms with Crippen LogP contribution >= 0.6 is 0 Å². The molecule has 2 aromatic heterocycles. The van der Waals surface area contributed by atoms with Crippen molar-refractivity contribution >= 4 is 5.82 Å². The van der Waals surface area contributed by atoms with E-state index < -0.39 is 0 Å². The smallest absolute Gasteiger partial charge is 0.128 e. The van der Waals surface area contributed by atoms with Gasteiger partial charge in [-0.25, -0.2) is 4.98 Å². The van der Waals surface area contributed by atoms with Gasteiger partial charge in [-0.2, -0.15) is 0 Å². The van der Waals surface area contributed by atoms with E-state index in [2.05, 4.69) is 17.2 Å². The first kappa shape index (κ1) is 11.7. The molecular weight excluding hydrogens is 214 g/mol. The Morgan fingerprint density at radius 1 is 1.41 bits per heavy atom. The van der Waals surface area contributed by atoms with Crippen LogP contribution in [0.5, 0.6) is 0 Å². The van der Waals surface area contributed by atoms with Gasteiger partial charge in [0.05, 0.1) is 12.3 Å². The summed E-state index contributed by atoms with van der Waals surface area (Å²) < 4.78 is 5.46. The van der Waals surface area contributed by atoms with Gasteiger partial charge in [-0.1, -0.05) is 13.0 Å². The summed E-state index contributed by atoms with van der Waals surface area (Å²) in [5.41, 5.74) is 6.86. The molecular formula is C13H17N3O. The van der Waals surface area contributed by atoms with E-state index in [9.17, 15) is 0 Å².